The molecule has 0 aromatic heterocycles. The third-order valence-corrected chi connectivity index (χ3v) is 3.47. The molecule has 0 aliphatic heterocycles. The van der Waals surface area contributed by atoms with E-state index >= 15 is 0 Å². The lowest BCUT2D eigenvalue weighted by Gasteiger charge is -2.22. The van der Waals surface area contributed by atoms with Crippen molar-refractivity contribution >= 4 is 0 Å². The fourth-order valence-electron chi connectivity index (χ4n) is 2.44. The zero-order valence-corrected chi connectivity index (χ0v) is 11.9. The molecule has 18 heavy (non-hydrogen) atoms. The quantitative estimate of drug-likeness (QED) is 0.760. The van der Waals surface area contributed by atoms with Crippen molar-refractivity contribution in [3.8, 4) is 5.75 Å². The van der Waals surface area contributed by atoms with Gasteiger partial charge in [-0.3, -0.25) is 0 Å². The van der Waals surface area contributed by atoms with Crippen LogP contribution in [0.1, 0.15) is 45.1 Å². The average molecular weight is 250 g/mol. The van der Waals surface area contributed by atoms with Gasteiger partial charge in [-0.05, 0) is 42.9 Å². The van der Waals surface area contributed by atoms with Crippen LogP contribution in [0.5, 0.6) is 5.75 Å². The first-order valence-electron chi connectivity index (χ1n) is 7.02. The first-order chi connectivity index (χ1) is 8.71. The lowest BCUT2D eigenvalue weighted by Crippen LogP contribution is -2.22. The molecule has 0 aliphatic carbocycles. The Labute approximate surface area is 111 Å². The summed E-state index contributed by atoms with van der Waals surface area (Å²) < 4.78 is 5.14. The molecule has 1 rings (SSSR count). The second-order valence-corrected chi connectivity index (χ2v) is 4.96. The van der Waals surface area contributed by atoms with Crippen LogP contribution in [0.4, 0.5) is 0 Å². The number of aliphatic hydroxyl groups is 1. The third-order valence-electron chi connectivity index (χ3n) is 3.47. The van der Waals surface area contributed by atoms with Gasteiger partial charge in [-0.1, -0.05) is 38.8 Å². The summed E-state index contributed by atoms with van der Waals surface area (Å²) in [5.74, 6) is 1.30. The molecule has 1 N–H and O–H groups in total. The molecular formula is C16H26O2. The Kier molecular flexibility index (Phi) is 6.81. The SMILES string of the molecule is CCCC(CCC)C(O)Cc1ccc(OC)cc1. The second kappa shape index (κ2) is 8.15. The van der Waals surface area contributed by atoms with Gasteiger partial charge in [0.05, 0.1) is 13.2 Å². The van der Waals surface area contributed by atoms with Crippen molar-refractivity contribution in [1.29, 1.82) is 0 Å². The highest BCUT2D eigenvalue weighted by Crippen LogP contribution is 2.21. The van der Waals surface area contributed by atoms with Gasteiger partial charge in [-0.25, -0.2) is 0 Å². The number of hydrogen-bond donors (Lipinski definition) is 1. The maximum atomic E-state index is 10.3. The molecule has 2 heteroatoms. The maximum absolute atomic E-state index is 10.3. The first kappa shape index (κ1) is 15.0. The molecule has 0 saturated heterocycles. The normalized spacial score (nSPS) is 12.7. The van der Waals surface area contributed by atoms with E-state index in [9.17, 15) is 5.11 Å². The number of rotatable bonds is 8. The predicted molar refractivity (Wildman–Crippen MR) is 76.0 cm³/mol. The summed E-state index contributed by atoms with van der Waals surface area (Å²) in [6, 6.07) is 7.99. The monoisotopic (exact) mass is 250 g/mol. The molecule has 1 aromatic carbocycles. The minimum atomic E-state index is -0.224. The molecule has 0 bridgehead atoms. The Hall–Kier alpha value is -1.02. The van der Waals surface area contributed by atoms with Crippen molar-refractivity contribution in [3.63, 3.8) is 0 Å². The highest BCUT2D eigenvalue weighted by molar-refractivity contribution is 5.27. The van der Waals surface area contributed by atoms with E-state index in [2.05, 4.69) is 13.8 Å². The Morgan fingerprint density at radius 2 is 1.61 bits per heavy atom. The van der Waals surface area contributed by atoms with Crippen LogP contribution in [-0.4, -0.2) is 18.3 Å². The average Bonchev–Trinajstić information content (AvgIpc) is 2.39. The zero-order valence-electron chi connectivity index (χ0n) is 11.9. The largest absolute Gasteiger partial charge is 0.497 e. The van der Waals surface area contributed by atoms with Crippen molar-refractivity contribution < 1.29 is 9.84 Å². The van der Waals surface area contributed by atoms with E-state index in [1.165, 1.54) is 5.56 Å². The molecule has 0 spiro atoms. The van der Waals surface area contributed by atoms with Gasteiger partial charge < -0.3 is 9.84 Å². The standard InChI is InChI=1S/C16H26O2/c1-4-6-14(7-5-2)16(17)12-13-8-10-15(18-3)11-9-13/h8-11,14,16-17H,4-7,12H2,1-3H3. The number of aliphatic hydroxyl groups excluding tert-OH is 1. The summed E-state index contributed by atoms with van der Waals surface area (Å²) in [6.07, 6.45) is 5.04. The molecule has 1 atom stereocenters. The maximum Gasteiger partial charge on any atom is 0.118 e. The van der Waals surface area contributed by atoms with Crippen LogP contribution in [0.15, 0.2) is 24.3 Å². The molecule has 0 radical (unpaired) electrons. The summed E-state index contributed by atoms with van der Waals surface area (Å²) in [5.41, 5.74) is 1.18. The van der Waals surface area contributed by atoms with E-state index in [0.29, 0.717) is 5.92 Å². The van der Waals surface area contributed by atoms with E-state index in [0.717, 1.165) is 37.9 Å². The van der Waals surface area contributed by atoms with E-state index in [1.54, 1.807) is 7.11 Å². The molecule has 0 amide bonds. The van der Waals surface area contributed by atoms with Gasteiger partial charge in [0, 0.05) is 0 Å². The Balaban J connectivity index is 2.57. The van der Waals surface area contributed by atoms with E-state index < -0.39 is 0 Å². The van der Waals surface area contributed by atoms with Crippen LogP contribution >= 0.6 is 0 Å². The van der Waals surface area contributed by atoms with Gasteiger partial charge in [0.25, 0.3) is 0 Å². The summed E-state index contributed by atoms with van der Waals surface area (Å²) >= 11 is 0. The molecule has 102 valence electrons. The number of hydrogen-bond acceptors (Lipinski definition) is 2. The number of benzene rings is 1. The summed E-state index contributed by atoms with van der Waals surface area (Å²) in [4.78, 5) is 0. The van der Waals surface area contributed by atoms with Gasteiger partial charge >= 0.3 is 0 Å². The van der Waals surface area contributed by atoms with E-state index in [-0.39, 0.29) is 6.10 Å². The van der Waals surface area contributed by atoms with Crippen LogP contribution in [0.25, 0.3) is 0 Å². The second-order valence-electron chi connectivity index (χ2n) is 4.96. The topological polar surface area (TPSA) is 29.5 Å². The van der Waals surface area contributed by atoms with Crippen LogP contribution in [0.3, 0.4) is 0 Å². The zero-order chi connectivity index (χ0) is 13.4. The molecule has 2 nitrogen and oxygen atoms in total. The van der Waals surface area contributed by atoms with Gasteiger partial charge in [0.1, 0.15) is 5.75 Å². The molecule has 0 fully saturated rings. The molecule has 0 aliphatic rings. The van der Waals surface area contributed by atoms with Crippen molar-refractivity contribution in [2.45, 2.75) is 52.1 Å². The summed E-state index contributed by atoms with van der Waals surface area (Å²) in [6.45, 7) is 4.37. The smallest absolute Gasteiger partial charge is 0.118 e. The van der Waals surface area contributed by atoms with Gasteiger partial charge in [0.2, 0.25) is 0 Å². The van der Waals surface area contributed by atoms with E-state index in [1.807, 2.05) is 24.3 Å². The van der Waals surface area contributed by atoms with Crippen molar-refractivity contribution in [2.24, 2.45) is 5.92 Å². The van der Waals surface area contributed by atoms with Crippen molar-refractivity contribution in [1.82, 2.24) is 0 Å². The third kappa shape index (κ3) is 4.69. The Bertz CT molecular complexity index is 312. The van der Waals surface area contributed by atoms with E-state index in [4.69, 9.17) is 4.74 Å². The lowest BCUT2D eigenvalue weighted by molar-refractivity contribution is 0.0963. The van der Waals surface area contributed by atoms with Crippen LogP contribution in [-0.2, 0) is 6.42 Å². The first-order valence-corrected chi connectivity index (χ1v) is 7.02. The molecule has 0 heterocycles. The molecule has 0 saturated carbocycles. The number of methoxy groups -OCH3 is 1. The highest BCUT2D eigenvalue weighted by Gasteiger charge is 2.17. The van der Waals surface area contributed by atoms with Crippen molar-refractivity contribution in [3.05, 3.63) is 29.8 Å². The van der Waals surface area contributed by atoms with Crippen LogP contribution in [0.2, 0.25) is 0 Å². The minimum Gasteiger partial charge on any atom is -0.497 e. The van der Waals surface area contributed by atoms with Crippen LogP contribution < -0.4 is 4.74 Å². The van der Waals surface area contributed by atoms with Crippen molar-refractivity contribution in [2.75, 3.05) is 7.11 Å². The summed E-state index contributed by atoms with van der Waals surface area (Å²) in [7, 11) is 1.67. The van der Waals surface area contributed by atoms with Gasteiger partial charge in [-0.15, -0.1) is 0 Å². The van der Waals surface area contributed by atoms with Crippen LogP contribution in [0, 0.1) is 5.92 Å². The molecule has 1 unspecified atom stereocenters. The molecule has 1 aromatic rings. The Morgan fingerprint density at radius 1 is 1.06 bits per heavy atom. The fraction of sp³-hybridized carbons (Fsp3) is 0.625. The van der Waals surface area contributed by atoms with Gasteiger partial charge in [0.15, 0.2) is 0 Å². The predicted octanol–water partition coefficient (Wildman–Crippen LogP) is 3.82. The number of ether oxygens (including phenoxy) is 1. The summed E-state index contributed by atoms with van der Waals surface area (Å²) in [5, 5.41) is 10.3. The Morgan fingerprint density at radius 3 is 2.06 bits per heavy atom. The fourth-order valence-corrected chi connectivity index (χ4v) is 2.44. The van der Waals surface area contributed by atoms with Gasteiger partial charge in [-0.2, -0.15) is 0 Å². The highest BCUT2D eigenvalue weighted by atomic mass is 16.5. The molecular weight excluding hydrogens is 224 g/mol. The minimum absolute atomic E-state index is 0.224. The lowest BCUT2D eigenvalue weighted by atomic mass is 9.89.